The van der Waals surface area contributed by atoms with Crippen LogP contribution in [-0.4, -0.2) is 4.98 Å². The van der Waals surface area contributed by atoms with Crippen molar-refractivity contribution < 1.29 is 4.57 Å². The van der Waals surface area contributed by atoms with Gasteiger partial charge in [-0.05, 0) is 6.92 Å². The van der Waals surface area contributed by atoms with Gasteiger partial charge in [0.25, 0.3) is 0 Å². The van der Waals surface area contributed by atoms with Crippen LogP contribution in [-0.2, 0) is 6.54 Å². The molecule has 1 aromatic heterocycles. The topological polar surface area (TPSA) is 19.7 Å². The predicted octanol–water partition coefficient (Wildman–Crippen LogP) is 2.78. The third-order valence-corrected chi connectivity index (χ3v) is 2.79. The second-order valence-corrected chi connectivity index (χ2v) is 3.66. The minimum atomic E-state index is 0.583. The number of fused-ring (bicyclic) bond motifs is 1. The van der Waals surface area contributed by atoms with E-state index in [1.54, 1.807) is 0 Å². The highest BCUT2D eigenvalue weighted by atomic mass is 35.5. The monoisotopic (exact) mass is 215 g/mol. The van der Waals surface area contributed by atoms with Crippen molar-refractivity contribution in [1.82, 2.24) is 4.98 Å². The Bertz CT molecular complexity index is 448. The number of hydrogen-bond donors (Lipinski definition) is 1. The Morgan fingerprint density at radius 3 is 2.69 bits per heavy atom. The minimum Gasteiger partial charge on any atom is -0.243 e. The van der Waals surface area contributed by atoms with Crippen LogP contribution >= 0.6 is 23.2 Å². The second kappa shape index (κ2) is 3.20. The number of nitrogens with zero attached hydrogens (tertiary/aromatic N) is 1. The molecule has 4 heteroatoms. The van der Waals surface area contributed by atoms with Crippen molar-refractivity contribution in [2.24, 2.45) is 0 Å². The highest BCUT2D eigenvalue weighted by Crippen LogP contribution is 2.25. The number of imidazole rings is 1. The van der Waals surface area contributed by atoms with Crippen molar-refractivity contribution in [2.75, 3.05) is 0 Å². The Hall–Kier alpha value is -0.730. The molecule has 2 nitrogen and oxygen atoms in total. The fourth-order valence-corrected chi connectivity index (χ4v) is 1.69. The highest BCUT2D eigenvalue weighted by molar-refractivity contribution is 6.42. The lowest BCUT2D eigenvalue weighted by Crippen LogP contribution is -2.29. The largest absolute Gasteiger partial charge is 0.243 e. The van der Waals surface area contributed by atoms with Gasteiger partial charge in [-0.1, -0.05) is 23.2 Å². The molecule has 0 aliphatic carbocycles. The summed E-state index contributed by atoms with van der Waals surface area (Å²) in [7, 11) is 0. The molecule has 0 saturated carbocycles. The number of aryl methyl sites for hydroxylation is 1. The van der Waals surface area contributed by atoms with Crippen molar-refractivity contribution in [3.05, 3.63) is 28.5 Å². The summed E-state index contributed by atoms with van der Waals surface area (Å²) in [5, 5.41) is 1.18. The molecule has 68 valence electrons. The van der Waals surface area contributed by atoms with Crippen LogP contribution in [0.15, 0.2) is 18.5 Å². The smallest absolute Gasteiger partial charge is 0.242 e. The van der Waals surface area contributed by atoms with Crippen LogP contribution in [0.4, 0.5) is 0 Å². The Labute approximate surface area is 86.1 Å². The van der Waals surface area contributed by atoms with E-state index in [0.29, 0.717) is 10.0 Å². The van der Waals surface area contributed by atoms with E-state index in [1.165, 1.54) is 0 Å². The van der Waals surface area contributed by atoms with Crippen LogP contribution in [0, 0.1) is 0 Å². The van der Waals surface area contributed by atoms with Gasteiger partial charge >= 0.3 is 0 Å². The van der Waals surface area contributed by atoms with E-state index in [0.717, 1.165) is 17.6 Å². The number of halogens is 2. The number of aromatic nitrogens is 2. The zero-order valence-corrected chi connectivity index (χ0v) is 8.65. The molecule has 0 spiro atoms. The lowest BCUT2D eigenvalue weighted by atomic mass is 10.3. The van der Waals surface area contributed by atoms with Crippen molar-refractivity contribution in [3.63, 3.8) is 0 Å². The fraction of sp³-hybridized carbons (Fsp3) is 0.222. The van der Waals surface area contributed by atoms with E-state index in [4.69, 9.17) is 23.2 Å². The molecule has 13 heavy (non-hydrogen) atoms. The zero-order chi connectivity index (χ0) is 9.42. The predicted molar refractivity (Wildman–Crippen MR) is 54.2 cm³/mol. The minimum absolute atomic E-state index is 0.583. The summed E-state index contributed by atoms with van der Waals surface area (Å²) in [4.78, 5) is 3.13. The Morgan fingerprint density at radius 1 is 1.31 bits per heavy atom. The summed E-state index contributed by atoms with van der Waals surface area (Å²) in [6, 6.07) is 3.71. The van der Waals surface area contributed by atoms with Crippen LogP contribution in [0.1, 0.15) is 6.92 Å². The lowest BCUT2D eigenvalue weighted by Gasteiger charge is -1.94. The van der Waals surface area contributed by atoms with Crippen molar-refractivity contribution in [1.29, 1.82) is 0 Å². The van der Waals surface area contributed by atoms with Crippen molar-refractivity contribution in [3.8, 4) is 0 Å². The summed E-state index contributed by atoms with van der Waals surface area (Å²) >= 11 is 11.8. The molecule has 0 fully saturated rings. The quantitative estimate of drug-likeness (QED) is 0.707. The molecule has 0 bridgehead atoms. The molecule has 0 saturated heterocycles. The van der Waals surface area contributed by atoms with Gasteiger partial charge in [0.05, 0.1) is 16.6 Å². The molecular weight excluding hydrogens is 207 g/mol. The third-order valence-electron chi connectivity index (χ3n) is 2.06. The molecule has 2 rings (SSSR count). The number of benzene rings is 1. The van der Waals surface area contributed by atoms with Gasteiger partial charge in [-0.2, -0.15) is 0 Å². The first-order valence-electron chi connectivity index (χ1n) is 4.08. The number of rotatable bonds is 1. The van der Waals surface area contributed by atoms with E-state index >= 15 is 0 Å². The first kappa shape index (κ1) is 8.85. The van der Waals surface area contributed by atoms with Crippen LogP contribution in [0.5, 0.6) is 0 Å². The van der Waals surface area contributed by atoms with Crippen LogP contribution in [0.3, 0.4) is 0 Å². The lowest BCUT2D eigenvalue weighted by molar-refractivity contribution is -0.667. The zero-order valence-electron chi connectivity index (χ0n) is 7.14. The maximum atomic E-state index is 5.91. The molecule has 2 aromatic rings. The average molecular weight is 216 g/mol. The normalized spacial score (nSPS) is 11.0. The third kappa shape index (κ3) is 1.40. The first-order chi connectivity index (χ1) is 6.22. The molecule has 1 N–H and O–H groups in total. The van der Waals surface area contributed by atoms with E-state index in [1.807, 2.05) is 18.5 Å². The molecule has 0 amide bonds. The number of nitrogens with one attached hydrogen (secondary N) is 1. The fourth-order valence-electron chi connectivity index (χ4n) is 1.37. The second-order valence-electron chi connectivity index (χ2n) is 2.84. The van der Waals surface area contributed by atoms with Gasteiger partial charge in [0.15, 0.2) is 11.0 Å². The molecule has 0 aliphatic rings. The Morgan fingerprint density at radius 2 is 2.00 bits per heavy atom. The van der Waals surface area contributed by atoms with Crippen molar-refractivity contribution >= 4 is 34.2 Å². The van der Waals surface area contributed by atoms with Gasteiger partial charge < -0.3 is 0 Å². The molecular formula is C9H9Cl2N2+. The molecule has 1 heterocycles. The number of H-pyrrole nitrogens is 1. The van der Waals surface area contributed by atoms with Gasteiger partial charge in [0.1, 0.15) is 0 Å². The maximum absolute atomic E-state index is 5.91. The van der Waals surface area contributed by atoms with Gasteiger partial charge in [0.2, 0.25) is 6.33 Å². The molecule has 0 radical (unpaired) electrons. The molecule has 1 aromatic carbocycles. The Kier molecular flexibility index (Phi) is 2.18. The van der Waals surface area contributed by atoms with Crippen molar-refractivity contribution in [2.45, 2.75) is 13.5 Å². The first-order valence-corrected chi connectivity index (χ1v) is 4.83. The summed E-state index contributed by atoms with van der Waals surface area (Å²) in [5.41, 5.74) is 2.09. The van der Waals surface area contributed by atoms with Gasteiger partial charge in [-0.15, -0.1) is 0 Å². The van der Waals surface area contributed by atoms with Crippen LogP contribution in [0.25, 0.3) is 11.0 Å². The Balaban J connectivity index is 2.77. The number of hydrogen-bond acceptors (Lipinski definition) is 0. The standard InChI is InChI=1S/C9H8Cl2N2/c1-2-13-5-12-8-3-6(10)7(11)4-9(8)13/h3-5H,2H2,1H3/p+1. The SMILES string of the molecule is CC[n+]1c[nH]c2cc(Cl)c(Cl)cc21. The molecule has 0 aliphatic heterocycles. The van der Waals surface area contributed by atoms with E-state index < -0.39 is 0 Å². The van der Waals surface area contributed by atoms with Crippen LogP contribution in [0.2, 0.25) is 10.0 Å². The molecule has 0 atom stereocenters. The maximum Gasteiger partial charge on any atom is 0.242 e. The molecule has 0 unspecified atom stereocenters. The number of aromatic amines is 1. The summed E-state index contributed by atoms with van der Waals surface area (Å²) < 4.78 is 2.08. The summed E-state index contributed by atoms with van der Waals surface area (Å²) in [6.45, 7) is 2.99. The van der Waals surface area contributed by atoms with Gasteiger partial charge in [-0.25, -0.2) is 9.55 Å². The van der Waals surface area contributed by atoms with Gasteiger partial charge in [-0.3, -0.25) is 0 Å². The van der Waals surface area contributed by atoms with Crippen LogP contribution < -0.4 is 4.57 Å². The average Bonchev–Trinajstić information content (AvgIpc) is 2.48. The highest BCUT2D eigenvalue weighted by Gasteiger charge is 2.10. The summed E-state index contributed by atoms with van der Waals surface area (Å²) in [5.74, 6) is 0. The van der Waals surface area contributed by atoms with E-state index in [2.05, 4.69) is 16.5 Å². The van der Waals surface area contributed by atoms with E-state index in [-0.39, 0.29) is 0 Å². The summed E-state index contributed by atoms with van der Waals surface area (Å²) in [6.07, 6.45) is 1.91. The van der Waals surface area contributed by atoms with Gasteiger partial charge in [0, 0.05) is 12.1 Å². The van der Waals surface area contributed by atoms with E-state index in [9.17, 15) is 0 Å².